The second-order valence-corrected chi connectivity index (χ2v) is 7.26. The Balaban J connectivity index is 1.43. The van der Waals surface area contributed by atoms with Gasteiger partial charge in [0, 0.05) is 49.8 Å². The van der Waals surface area contributed by atoms with Crippen molar-refractivity contribution >= 4 is 22.8 Å². The molecule has 3 aromatic rings. The van der Waals surface area contributed by atoms with E-state index >= 15 is 0 Å². The standard InChI is InChI=1S/C20H24N6O2/c1-24(2)20(28)25-8-3-9-26-17(13-25)11-16(23-26)12-22-19(27)15-4-5-18-14(10-15)6-7-21-18/h4-7,10-11,21H,3,8-9,12-13H2,1-2H3,(H,22,27). The number of aromatic nitrogens is 3. The summed E-state index contributed by atoms with van der Waals surface area (Å²) < 4.78 is 1.94. The van der Waals surface area contributed by atoms with Crippen molar-refractivity contribution in [3.8, 4) is 0 Å². The van der Waals surface area contributed by atoms with Crippen LogP contribution in [0.25, 0.3) is 10.9 Å². The Hall–Kier alpha value is -3.29. The topological polar surface area (TPSA) is 86.3 Å². The summed E-state index contributed by atoms with van der Waals surface area (Å²) in [5.41, 5.74) is 3.41. The van der Waals surface area contributed by atoms with Gasteiger partial charge in [-0.2, -0.15) is 5.10 Å². The average Bonchev–Trinajstić information content (AvgIpc) is 3.26. The summed E-state index contributed by atoms with van der Waals surface area (Å²) in [6.07, 6.45) is 2.71. The van der Waals surface area contributed by atoms with Gasteiger partial charge >= 0.3 is 6.03 Å². The molecule has 146 valence electrons. The van der Waals surface area contributed by atoms with Crippen molar-refractivity contribution in [1.82, 2.24) is 29.9 Å². The lowest BCUT2D eigenvalue weighted by molar-refractivity contribution is 0.0950. The number of nitrogens with one attached hydrogen (secondary N) is 2. The van der Waals surface area contributed by atoms with Crippen LogP contribution >= 0.6 is 0 Å². The summed E-state index contributed by atoms with van der Waals surface area (Å²) in [7, 11) is 3.52. The van der Waals surface area contributed by atoms with E-state index in [0.717, 1.165) is 35.3 Å². The first-order valence-electron chi connectivity index (χ1n) is 9.38. The summed E-state index contributed by atoms with van der Waals surface area (Å²) in [6.45, 7) is 2.37. The SMILES string of the molecule is CN(C)C(=O)N1CCCn2nc(CNC(=O)c3ccc4[nH]ccc4c3)cc2C1. The number of benzene rings is 1. The van der Waals surface area contributed by atoms with Gasteiger partial charge in [-0.25, -0.2) is 4.79 Å². The quantitative estimate of drug-likeness (QED) is 0.730. The van der Waals surface area contributed by atoms with Crippen LogP contribution < -0.4 is 5.32 Å². The summed E-state index contributed by atoms with van der Waals surface area (Å²) in [5, 5.41) is 8.54. The number of hydrogen-bond donors (Lipinski definition) is 2. The highest BCUT2D eigenvalue weighted by Gasteiger charge is 2.21. The van der Waals surface area contributed by atoms with Crippen LogP contribution in [0.2, 0.25) is 0 Å². The number of hydrogen-bond acceptors (Lipinski definition) is 3. The molecule has 0 fully saturated rings. The molecular weight excluding hydrogens is 356 g/mol. The Morgan fingerprint density at radius 1 is 1.21 bits per heavy atom. The molecule has 0 aliphatic carbocycles. The molecule has 0 atom stereocenters. The summed E-state index contributed by atoms with van der Waals surface area (Å²) in [6, 6.07) is 9.50. The number of nitrogens with zero attached hydrogens (tertiary/aromatic N) is 4. The van der Waals surface area contributed by atoms with E-state index in [1.807, 2.05) is 40.0 Å². The van der Waals surface area contributed by atoms with Gasteiger partial charge in [-0.1, -0.05) is 0 Å². The highest BCUT2D eigenvalue weighted by Crippen LogP contribution is 2.16. The normalized spacial score (nSPS) is 13.9. The van der Waals surface area contributed by atoms with Crippen LogP contribution in [0.15, 0.2) is 36.5 Å². The maximum Gasteiger partial charge on any atom is 0.319 e. The fraction of sp³-hybridized carbons (Fsp3) is 0.350. The third-order valence-corrected chi connectivity index (χ3v) is 4.96. The Morgan fingerprint density at radius 2 is 2.07 bits per heavy atom. The zero-order valence-corrected chi connectivity index (χ0v) is 16.1. The molecule has 0 unspecified atom stereocenters. The monoisotopic (exact) mass is 380 g/mol. The molecule has 4 rings (SSSR count). The predicted molar refractivity (Wildman–Crippen MR) is 106 cm³/mol. The van der Waals surface area contributed by atoms with E-state index in [4.69, 9.17) is 0 Å². The van der Waals surface area contributed by atoms with Gasteiger partial charge in [-0.15, -0.1) is 0 Å². The van der Waals surface area contributed by atoms with Crippen molar-refractivity contribution in [3.63, 3.8) is 0 Å². The molecule has 0 spiro atoms. The molecular formula is C20H24N6O2. The Labute approximate surface area is 163 Å². The average molecular weight is 380 g/mol. The van der Waals surface area contributed by atoms with E-state index in [2.05, 4.69) is 15.4 Å². The first-order valence-corrected chi connectivity index (χ1v) is 9.38. The molecule has 3 amide bonds. The molecule has 8 heteroatoms. The molecule has 3 heterocycles. The van der Waals surface area contributed by atoms with Gasteiger partial charge in [-0.3, -0.25) is 9.48 Å². The lowest BCUT2D eigenvalue weighted by Gasteiger charge is -2.23. The minimum atomic E-state index is -0.129. The van der Waals surface area contributed by atoms with E-state index in [-0.39, 0.29) is 11.9 Å². The summed E-state index contributed by atoms with van der Waals surface area (Å²) in [4.78, 5) is 31.3. The maximum absolute atomic E-state index is 12.5. The Morgan fingerprint density at radius 3 is 2.89 bits per heavy atom. The number of amides is 3. The van der Waals surface area contributed by atoms with Crippen LogP contribution in [-0.2, 0) is 19.6 Å². The molecule has 1 aliphatic rings. The van der Waals surface area contributed by atoms with Crippen molar-refractivity contribution in [2.45, 2.75) is 26.1 Å². The predicted octanol–water partition coefficient (Wildman–Crippen LogP) is 2.18. The van der Waals surface area contributed by atoms with Crippen LogP contribution in [0.1, 0.15) is 28.2 Å². The Kier molecular flexibility index (Phi) is 4.77. The number of aromatic amines is 1. The van der Waals surface area contributed by atoms with E-state index in [1.165, 1.54) is 0 Å². The van der Waals surface area contributed by atoms with Crippen molar-refractivity contribution in [2.75, 3.05) is 20.6 Å². The molecule has 0 saturated heterocycles. The van der Waals surface area contributed by atoms with Gasteiger partial charge in [0.25, 0.3) is 5.91 Å². The largest absolute Gasteiger partial charge is 0.361 e. The minimum Gasteiger partial charge on any atom is -0.361 e. The zero-order valence-electron chi connectivity index (χ0n) is 16.1. The molecule has 8 nitrogen and oxygen atoms in total. The third-order valence-electron chi connectivity index (χ3n) is 4.96. The minimum absolute atomic E-state index is 0.00431. The van der Waals surface area contributed by atoms with Crippen molar-refractivity contribution < 1.29 is 9.59 Å². The number of carbonyl (C=O) groups is 2. The number of fused-ring (bicyclic) bond motifs is 2. The first-order chi connectivity index (χ1) is 13.5. The van der Waals surface area contributed by atoms with Crippen LogP contribution in [0.3, 0.4) is 0 Å². The number of urea groups is 1. The maximum atomic E-state index is 12.5. The van der Waals surface area contributed by atoms with Crippen LogP contribution in [0.5, 0.6) is 0 Å². The molecule has 0 bridgehead atoms. The van der Waals surface area contributed by atoms with Gasteiger partial charge in [0.05, 0.1) is 24.5 Å². The van der Waals surface area contributed by atoms with Gasteiger partial charge in [0.1, 0.15) is 0 Å². The molecule has 1 aromatic carbocycles. The number of H-pyrrole nitrogens is 1. The zero-order chi connectivity index (χ0) is 19.7. The highest BCUT2D eigenvalue weighted by atomic mass is 16.2. The fourth-order valence-electron chi connectivity index (χ4n) is 3.52. The van der Waals surface area contributed by atoms with E-state index < -0.39 is 0 Å². The molecule has 28 heavy (non-hydrogen) atoms. The van der Waals surface area contributed by atoms with Crippen molar-refractivity contribution in [2.24, 2.45) is 0 Å². The number of carbonyl (C=O) groups excluding carboxylic acids is 2. The fourth-order valence-corrected chi connectivity index (χ4v) is 3.52. The molecule has 0 saturated carbocycles. The van der Waals surface area contributed by atoms with Crippen molar-refractivity contribution in [1.29, 1.82) is 0 Å². The second-order valence-electron chi connectivity index (χ2n) is 7.26. The lowest BCUT2D eigenvalue weighted by atomic mass is 10.1. The van der Waals surface area contributed by atoms with E-state index in [1.54, 1.807) is 25.1 Å². The van der Waals surface area contributed by atoms with E-state index in [9.17, 15) is 9.59 Å². The molecule has 0 radical (unpaired) electrons. The van der Waals surface area contributed by atoms with Crippen LogP contribution in [0.4, 0.5) is 4.79 Å². The van der Waals surface area contributed by atoms with Gasteiger partial charge in [0.2, 0.25) is 0 Å². The summed E-state index contributed by atoms with van der Waals surface area (Å²) in [5.74, 6) is -0.129. The highest BCUT2D eigenvalue weighted by molar-refractivity contribution is 5.98. The van der Waals surface area contributed by atoms with Gasteiger partial charge < -0.3 is 20.1 Å². The number of rotatable bonds is 3. The van der Waals surface area contributed by atoms with E-state index in [0.29, 0.717) is 25.2 Å². The van der Waals surface area contributed by atoms with Crippen LogP contribution in [-0.4, -0.2) is 57.1 Å². The van der Waals surface area contributed by atoms with Gasteiger partial charge in [0.15, 0.2) is 0 Å². The lowest BCUT2D eigenvalue weighted by Crippen LogP contribution is -2.38. The summed E-state index contributed by atoms with van der Waals surface area (Å²) >= 11 is 0. The smallest absolute Gasteiger partial charge is 0.319 e. The van der Waals surface area contributed by atoms with Gasteiger partial charge in [-0.05, 0) is 36.8 Å². The third kappa shape index (κ3) is 3.58. The molecule has 2 N–H and O–H groups in total. The molecule has 1 aliphatic heterocycles. The van der Waals surface area contributed by atoms with Crippen LogP contribution in [0, 0.1) is 0 Å². The number of aryl methyl sites for hydroxylation is 1. The molecule has 2 aromatic heterocycles. The Bertz CT molecular complexity index is 1020. The van der Waals surface area contributed by atoms with Crippen molar-refractivity contribution in [3.05, 3.63) is 53.5 Å². The first kappa shape index (κ1) is 18.1. The second kappa shape index (κ2) is 7.38.